The van der Waals surface area contributed by atoms with E-state index in [0.29, 0.717) is 19.1 Å². The molecule has 3 rings (SSSR count). The lowest BCUT2D eigenvalue weighted by Gasteiger charge is -2.31. The van der Waals surface area contributed by atoms with Gasteiger partial charge in [-0.3, -0.25) is 9.69 Å². The molecule has 0 N–H and O–H groups in total. The highest BCUT2D eigenvalue weighted by atomic mass is 16.2. The number of aryl methyl sites for hydroxylation is 1. The molecular weight excluding hydrogens is 316 g/mol. The fourth-order valence-electron chi connectivity index (χ4n) is 3.78. The molecule has 1 aromatic rings. The van der Waals surface area contributed by atoms with E-state index in [0.717, 1.165) is 49.8 Å². The minimum absolute atomic E-state index is 0.215. The van der Waals surface area contributed by atoms with E-state index < -0.39 is 0 Å². The minimum atomic E-state index is 0.215. The third-order valence-corrected chi connectivity index (χ3v) is 5.27. The van der Waals surface area contributed by atoms with Crippen LogP contribution in [-0.4, -0.2) is 91.0 Å². The highest BCUT2D eigenvalue weighted by Gasteiger charge is 2.29. The molecule has 2 aliphatic rings. The lowest BCUT2D eigenvalue weighted by Crippen LogP contribution is -2.43. The molecule has 1 aromatic heterocycles. The predicted octanol–water partition coefficient (Wildman–Crippen LogP) is 0.372. The number of amides is 1. The van der Waals surface area contributed by atoms with E-state index in [1.54, 1.807) is 0 Å². The van der Waals surface area contributed by atoms with Gasteiger partial charge in [-0.2, -0.15) is 0 Å². The van der Waals surface area contributed by atoms with Gasteiger partial charge < -0.3 is 14.7 Å². The van der Waals surface area contributed by atoms with Gasteiger partial charge >= 0.3 is 0 Å². The number of likely N-dealkylation sites (N-methyl/N-ethyl adjacent to an activating group) is 1. The monoisotopic (exact) mass is 346 g/mol. The van der Waals surface area contributed by atoms with Gasteiger partial charge in [0.05, 0.1) is 18.8 Å². The number of carbonyl (C=O) groups is 1. The van der Waals surface area contributed by atoms with E-state index in [1.807, 2.05) is 30.8 Å². The van der Waals surface area contributed by atoms with Gasteiger partial charge in [-0.15, -0.1) is 0 Å². The molecule has 1 saturated heterocycles. The van der Waals surface area contributed by atoms with Crippen LogP contribution in [0.5, 0.6) is 0 Å². The molecule has 0 aliphatic carbocycles. The van der Waals surface area contributed by atoms with Crippen molar-refractivity contribution in [3.8, 4) is 0 Å². The van der Waals surface area contributed by atoms with Crippen LogP contribution in [0.4, 0.5) is 5.82 Å². The van der Waals surface area contributed by atoms with Crippen molar-refractivity contribution in [3.63, 3.8) is 0 Å². The lowest BCUT2D eigenvalue weighted by atomic mass is 10.0. The van der Waals surface area contributed by atoms with Crippen LogP contribution in [0.2, 0.25) is 0 Å². The molecule has 0 saturated carbocycles. The van der Waals surface area contributed by atoms with Crippen LogP contribution in [0.3, 0.4) is 0 Å². The minimum Gasteiger partial charge on any atom is -0.362 e. The second kappa shape index (κ2) is 7.25. The molecule has 0 spiro atoms. The van der Waals surface area contributed by atoms with Gasteiger partial charge in [0.15, 0.2) is 0 Å². The summed E-state index contributed by atoms with van der Waals surface area (Å²) >= 11 is 0. The van der Waals surface area contributed by atoms with Gasteiger partial charge in [0.1, 0.15) is 11.6 Å². The first-order chi connectivity index (χ1) is 11.8. The van der Waals surface area contributed by atoms with E-state index in [2.05, 4.69) is 33.9 Å². The van der Waals surface area contributed by atoms with Gasteiger partial charge in [0.25, 0.3) is 0 Å². The first-order valence-corrected chi connectivity index (χ1v) is 9.05. The maximum absolute atomic E-state index is 12.8. The van der Waals surface area contributed by atoms with Crippen molar-refractivity contribution < 1.29 is 4.79 Å². The van der Waals surface area contributed by atoms with E-state index in [4.69, 9.17) is 0 Å². The van der Waals surface area contributed by atoms with E-state index in [-0.39, 0.29) is 5.91 Å². The third-order valence-electron chi connectivity index (χ3n) is 5.27. The molecule has 1 fully saturated rings. The summed E-state index contributed by atoms with van der Waals surface area (Å²) in [6.07, 6.45) is 1.97. The van der Waals surface area contributed by atoms with Crippen molar-refractivity contribution in [2.75, 3.05) is 59.3 Å². The number of aromatic nitrogens is 2. The number of nitrogens with zero attached hydrogens (tertiary/aromatic N) is 6. The number of rotatable bonds is 4. The average molecular weight is 346 g/mol. The van der Waals surface area contributed by atoms with Gasteiger partial charge in [-0.1, -0.05) is 0 Å². The van der Waals surface area contributed by atoms with Crippen molar-refractivity contribution in [2.45, 2.75) is 32.4 Å². The SMILES string of the molecule is Cc1nc2c(c(N(C)C)n1)CCN(C(=O)CN1CC[C@@H](N(C)C)C1)C2. The van der Waals surface area contributed by atoms with Crippen LogP contribution in [0.1, 0.15) is 23.5 Å². The van der Waals surface area contributed by atoms with Crippen molar-refractivity contribution in [1.82, 2.24) is 24.7 Å². The largest absolute Gasteiger partial charge is 0.362 e. The average Bonchev–Trinajstić information content (AvgIpc) is 3.02. The molecule has 1 atom stereocenters. The molecule has 3 heterocycles. The second-order valence-electron chi connectivity index (χ2n) is 7.62. The summed E-state index contributed by atoms with van der Waals surface area (Å²) in [5.41, 5.74) is 2.19. The zero-order valence-electron chi connectivity index (χ0n) is 16.1. The Kier molecular flexibility index (Phi) is 5.24. The Balaban J connectivity index is 1.66. The van der Waals surface area contributed by atoms with Gasteiger partial charge in [-0.25, -0.2) is 9.97 Å². The van der Waals surface area contributed by atoms with Crippen molar-refractivity contribution in [1.29, 1.82) is 0 Å². The topological polar surface area (TPSA) is 55.8 Å². The van der Waals surface area contributed by atoms with Crippen LogP contribution in [-0.2, 0) is 17.8 Å². The zero-order valence-corrected chi connectivity index (χ0v) is 16.1. The molecule has 25 heavy (non-hydrogen) atoms. The van der Waals surface area contributed by atoms with E-state index in [1.165, 1.54) is 5.56 Å². The Morgan fingerprint density at radius 3 is 2.60 bits per heavy atom. The summed E-state index contributed by atoms with van der Waals surface area (Å²) in [4.78, 5) is 30.5. The van der Waals surface area contributed by atoms with E-state index >= 15 is 0 Å². The Bertz CT molecular complexity index is 645. The number of anilines is 1. The number of hydrogen-bond donors (Lipinski definition) is 0. The van der Waals surface area contributed by atoms with Crippen LogP contribution >= 0.6 is 0 Å². The summed E-state index contributed by atoms with van der Waals surface area (Å²) in [5, 5.41) is 0. The Hall–Kier alpha value is -1.73. The Morgan fingerprint density at radius 1 is 1.20 bits per heavy atom. The quantitative estimate of drug-likeness (QED) is 0.785. The molecule has 1 amide bonds. The van der Waals surface area contributed by atoms with Crippen LogP contribution in [0.25, 0.3) is 0 Å². The number of hydrogen-bond acceptors (Lipinski definition) is 6. The fourth-order valence-corrected chi connectivity index (χ4v) is 3.78. The van der Waals surface area contributed by atoms with Gasteiger partial charge in [0, 0.05) is 45.3 Å². The number of likely N-dealkylation sites (tertiary alicyclic amines) is 1. The molecule has 7 heteroatoms. The lowest BCUT2D eigenvalue weighted by molar-refractivity contribution is -0.133. The Labute approximate surface area is 150 Å². The second-order valence-corrected chi connectivity index (χ2v) is 7.62. The highest BCUT2D eigenvalue weighted by Crippen LogP contribution is 2.25. The van der Waals surface area contributed by atoms with Crippen LogP contribution in [0, 0.1) is 6.92 Å². The van der Waals surface area contributed by atoms with Crippen LogP contribution in [0.15, 0.2) is 0 Å². The summed E-state index contributed by atoms with van der Waals surface area (Å²) in [7, 11) is 8.24. The molecule has 0 aromatic carbocycles. The van der Waals surface area contributed by atoms with Crippen molar-refractivity contribution in [3.05, 3.63) is 17.1 Å². The number of fused-ring (bicyclic) bond motifs is 1. The van der Waals surface area contributed by atoms with Gasteiger partial charge in [-0.05, 0) is 33.9 Å². The molecule has 0 radical (unpaired) electrons. The molecule has 138 valence electrons. The first-order valence-electron chi connectivity index (χ1n) is 9.05. The number of carbonyl (C=O) groups excluding carboxylic acids is 1. The first kappa shape index (κ1) is 18.1. The van der Waals surface area contributed by atoms with Crippen LogP contribution < -0.4 is 4.90 Å². The summed E-state index contributed by atoms with van der Waals surface area (Å²) in [5.74, 6) is 1.97. The third kappa shape index (κ3) is 3.93. The van der Waals surface area contributed by atoms with E-state index in [9.17, 15) is 4.79 Å². The summed E-state index contributed by atoms with van der Waals surface area (Å²) in [6.45, 7) is 5.78. The molecule has 0 unspecified atom stereocenters. The summed E-state index contributed by atoms with van der Waals surface area (Å²) in [6, 6.07) is 0.563. The van der Waals surface area contributed by atoms with Crippen molar-refractivity contribution >= 4 is 11.7 Å². The maximum atomic E-state index is 12.8. The Morgan fingerprint density at radius 2 is 1.96 bits per heavy atom. The zero-order chi connectivity index (χ0) is 18.1. The van der Waals surface area contributed by atoms with Crippen molar-refractivity contribution in [2.24, 2.45) is 0 Å². The summed E-state index contributed by atoms with van der Waals surface area (Å²) < 4.78 is 0. The fraction of sp³-hybridized carbons (Fsp3) is 0.722. The smallest absolute Gasteiger partial charge is 0.237 e. The normalized spacial score (nSPS) is 20.9. The molecule has 2 aliphatic heterocycles. The predicted molar refractivity (Wildman–Crippen MR) is 98.7 cm³/mol. The molecule has 7 nitrogen and oxygen atoms in total. The standard InChI is InChI=1S/C18H30N6O/c1-13-19-16-11-24(9-7-15(16)18(20-13)22(4)5)17(25)12-23-8-6-14(10-23)21(2)3/h14H,6-12H2,1-5H3/t14-/m1/s1. The van der Waals surface area contributed by atoms with Gasteiger partial charge in [0.2, 0.25) is 5.91 Å². The molecular formula is C18H30N6O. The highest BCUT2D eigenvalue weighted by molar-refractivity contribution is 5.78. The molecule has 0 bridgehead atoms. The maximum Gasteiger partial charge on any atom is 0.237 e.